The van der Waals surface area contributed by atoms with Crippen molar-refractivity contribution in [1.29, 1.82) is 0 Å². The van der Waals surface area contributed by atoms with Gasteiger partial charge in [-0.3, -0.25) is 0 Å². The van der Waals surface area contributed by atoms with Gasteiger partial charge in [-0.1, -0.05) is 48.0 Å². The zero-order valence-electron chi connectivity index (χ0n) is 14.2. The van der Waals surface area contributed by atoms with Gasteiger partial charge >= 0.3 is 0 Å². The minimum Gasteiger partial charge on any atom is -0.378 e. The maximum atomic E-state index is 6.10. The third-order valence-corrected chi connectivity index (χ3v) is 4.41. The van der Waals surface area contributed by atoms with E-state index in [1.54, 1.807) is 0 Å². The molecule has 0 bridgehead atoms. The van der Waals surface area contributed by atoms with Crippen LogP contribution in [0.15, 0.2) is 60.7 Å². The normalized spacial score (nSPS) is 14.3. The molecule has 0 spiro atoms. The van der Waals surface area contributed by atoms with E-state index in [1.807, 2.05) is 60.7 Å². The van der Waals surface area contributed by atoms with E-state index in [9.17, 15) is 0 Å². The van der Waals surface area contributed by atoms with Gasteiger partial charge in [0.25, 0.3) is 0 Å². The largest absolute Gasteiger partial charge is 0.378 e. The van der Waals surface area contributed by atoms with Crippen LogP contribution >= 0.6 is 11.6 Å². The fourth-order valence-corrected chi connectivity index (χ4v) is 3.07. The molecule has 6 heteroatoms. The number of rotatable bonds is 4. The Morgan fingerprint density at radius 3 is 2.50 bits per heavy atom. The smallest absolute Gasteiger partial charge is 0.163 e. The van der Waals surface area contributed by atoms with Crippen molar-refractivity contribution in [2.45, 2.75) is 0 Å². The number of hydrogen-bond donors (Lipinski definition) is 1. The summed E-state index contributed by atoms with van der Waals surface area (Å²) in [6.45, 7) is 3.06. The van der Waals surface area contributed by atoms with Crippen LogP contribution in [0.4, 0.5) is 17.3 Å². The van der Waals surface area contributed by atoms with Crippen LogP contribution in [0.25, 0.3) is 11.4 Å². The second kappa shape index (κ2) is 7.72. The topological polar surface area (TPSA) is 50.3 Å². The Morgan fingerprint density at radius 2 is 1.73 bits per heavy atom. The van der Waals surface area contributed by atoms with Gasteiger partial charge in [0, 0.05) is 35.4 Å². The first-order valence-corrected chi connectivity index (χ1v) is 8.95. The maximum Gasteiger partial charge on any atom is 0.163 e. The van der Waals surface area contributed by atoms with Crippen molar-refractivity contribution in [3.05, 3.63) is 65.7 Å². The molecule has 26 heavy (non-hydrogen) atoms. The lowest BCUT2D eigenvalue weighted by molar-refractivity contribution is 0.122. The highest BCUT2D eigenvalue weighted by Crippen LogP contribution is 2.26. The van der Waals surface area contributed by atoms with E-state index in [4.69, 9.17) is 26.3 Å². The summed E-state index contributed by atoms with van der Waals surface area (Å²) in [5.41, 5.74) is 1.87. The van der Waals surface area contributed by atoms with Gasteiger partial charge in [-0.2, -0.15) is 0 Å². The zero-order chi connectivity index (χ0) is 17.8. The lowest BCUT2D eigenvalue weighted by Crippen LogP contribution is -2.36. The predicted molar refractivity (Wildman–Crippen MR) is 105 cm³/mol. The standard InChI is InChI=1S/C20H19ClN4O/c21-16-7-4-8-17(13-16)22-18-14-19(25-9-11-26-12-10-25)24-20(23-18)15-5-2-1-3-6-15/h1-8,13-14H,9-12H2,(H,22,23,24). The molecule has 1 fully saturated rings. The molecule has 1 N–H and O–H groups in total. The van der Waals surface area contributed by atoms with Crippen LogP contribution in [0.1, 0.15) is 0 Å². The van der Waals surface area contributed by atoms with Crippen LogP contribution in [0.2, 0.25) is 5.02 Å². The Morgan fingerprint density at radius 1 is 0.923 bits per heavy atom. The molecule has 3 aromatic rings. The molecule has 5 nitrogen and oxygen atoms in total. The number of hydrogen-bond acceptors (Lipinski definition) is 5. The monoisotopic (exact) mass is 366 g/mol. The van der Waals surface area contributed by atoms with Gasteiger partial charge in [0.2, 0.25) is 0 Å². The van der Waals surface area contributed by atoms with Crippen molar-refractivity contribution in [3.63, 3.8) is 0 Å². The first-order valence-electron chi connectivity index (χ1n) is 8.58. The summed E-state index contributed by atoms with van der Waals surface area (Å²) in [5.74, 6) is 2.33. The van der Waals surface area contributed by atoms with Crippen LogP contribution in [0, 0.1) is 0 Å². The molecular weight excluding hydrogens is 348 g/mol. The highest BCUT2D eigenvalue weighted by atomic mass is 35.5. The van der Waals surface area contributed by atoms with Crippen molar-refractivity contribution in [3.8, 4) is 11.4 Å². The Kier molecular flexibility index (Phi) is 5.00. The molecule has 132 valence electrons. The van der Waals surface area contributed by atoms with E-state index in [0.29, 0.717) is 24.1 Å². The van der Waals surface area contributed by atoms with E-state index in [0.717, 1.165) is 36.0 Å². The molecule has 2 heterocycles. The molecule has 0 radical (unpaired) electrons. The van der Waals surface area contributed by atoms with E-state index in [2.05, 4.69) is 10.2 Å². The second-order valence-electron chi connectivity index (χ2n) is 6.04. The number of nitrogens with one attached hydrogen (secondary N) is 1. The van der Waals surface area contributed by atoms with Crippen LogP contribution in [0.5, 0.6) is 0 Å². The predicted octanol–water partition coefficient (Wildman–Crippen LogP) is 4.38. The Labute approximate surface area is 157 Å². The number of anilines is 3. The molecular formula is C20H19ClN4O. The van der Waals surface area contributed by atoms with Crippen LogP contribution < -0.4 is 10.2 Å². The summed E-state index contributed by atoms with van der Waals surface area (Å²) in [6, 6.07) is 19.6. The van der Waals surface area contributed by atoms with Gasteiger partial charge in [0.15, 0.2) is 5.82 Å². The SMILES string of the molecule is Clc1cccc(Nc2cc(N3CCOCC3)nc(-c3ccccc3)n2)c1. The summed E-state index contributed by atoms with van der Waals surface area (Å²) >= 11 is 6.10. The minimum absolute atomic E-state index is 0.681. The lowest BCUT2D eigenvalue weighted by atomic mass is 10.2. The third kappa shape index (κ3) is 3.95. The Balaban J connectivity index is 1.72. The molecule has 0 aliphatic carbocycles. The number of aromatic nitrogens is 2. The number of ether oxygens (including phenoxy) is 1. The summed E-state index contributed by atoms with van der Waals surface area (Å²) in [4.78, 5) is 11.7. The first kappa shape index (κ1) is 16.8. The molecule has 1 aromatic heterocycles. The van der Waals surface area contributed by atoms with E-state index >= 15 is 0 Å². The molecule has 0 amide bonds. The van der Waals surface area contributed by atoms with Gasteiger partial charge in [-0.25, -0.2) is 9.97 Å². The van der Waals surface area contributed by atoms with Crippen LogP contribution in [-0.4, -0.2) is 36.3 Å². The molecule has 1 saturated heterocycles. The molecule has 0 unspecified atom stereocenters. The Bertz CT molecular complexity index is 882. The zero-order valence-corrected chi connectivity index (χ0v) is 15.0. The average Bonchev–Trinajstić information content (AvgIpc) is 2.69. The van der Waals surface area contributed by atoms with Crippen molar-refractivity contribution >= 4 is 28.9 Å². The van der Waals surface area contributed by atoms with Crippen LogP contribution in [0.3, 0.4) is 0 Å². The Hall–Kier alpha value is -2.63. The maximum absolute atomic E-state index is 6.10. The molecule has 1 aliphatic heterocycles. The van der Waals surface area contributed by atoms with E-state index < -0.39 is 0 Å². The summed E-state index contributed by atoms with van der Waals surface area (Å²) in [5, 5.41) is 4.02. The highest BCUT2D eigenvalue weighted by molar-refractivity contribution is 6.30. The first-order chi connectivity index (χ1) is 12.8. The van der Waals surface area contributed by atoms with Gasteiger partial charge in [0.1, 0.15) is 11.6 Å². The van der Waals surface area contributed by atoms with Gasteiger partial charge in [0.05, 0.1) is 13.2 Å². The molecule has 2 aromatic carbocycles. The van der Waals surface area contributed by atoms with Crippen LogP contribution in [-0.2, 0) is 4.74 Å². The van der Waals surface area contributed by atoms with Crippen molar-refractivity contribution in [1.82, 2.24) is 9.97 Å². The minimum atomic E-state index is 0.681. The highest BCUT2D eigenvalue weighted by Gasteiger charge is 2.16. The average molecular weight is 367 g/mol. The second-order valence-corrected chi connectivity index (χ2v) is 6.47. The molecule has 4 rings (SSSR count). The summed E-state index contributed by atoms with van der Waals surface area (Å²) in [6.07, 6.45) is 0. The van der Waals surface area contributed by atoms with Gasteiger partial charge in [-0.15, -0.1) is 0 Å². The molecule has 0 saturated carbocycles. The fourth-order valence-electron chi connectivity index (χ4n) is 2.88. The molecule has 0 atom stereocenters. The number of halogens is 1. The molecule has 1 aliphatic rings. The quantitative estimate of drug-likeness (QED) is 0.742. The fraction of sp³-hybridized carbons (Fsp3) is 0.200. The lowest BCUT2D eigenvalue weighted by Gasteiger charge is -2.28. The van der Waals surface area contributed by atoms with E-state index in [-0.39, 0.29) is 0 Å². The van der Waals surface area contributed by atoms with Crippen molar-refractivity contribution in [2.75, 3.05) is 36.5 Å². The summed E-state index contributed by atoms with van der Waals surface area (Å²) in [7, 11) is 0. The van der Waals surface area contributed by atoms with Crippen molar-refractivity contribution in [2.24, 2.45) is 0 Å². The van der Waals surface area contributed by atoms with Crippen molar-refractivity contribution < 1.29 is 4.74 Å². The third-order valence-electron chi connectivity index (χ3n) is 4.18. The number of benzene rings is 2. The number of morpholine rings is 1. The van der Waals surface area contributed by atoms with Gasteiger partial charge in [-0.05, 0) is 18.2 Å². The van der Waals surface area contributed by atoms with E-state index in [1.165, 1.54) is 0 Å². The van der Waals surface area contributed by atoms with Gasteiger partial charge < -0.3 is 15.0 Å². The number of nitrogens with zero attached hydrogens (tertiary/aromatic N) is 3. The summed E-state index contributed by atoms with van der Waals surface area (Å²) < 4.78 is 5.46.